The van der Waals surface area contributed by atoms with Gasteiger partial charge in [-0.3, -0.25) is 15.1 Å². The first-order chi connectivity index (χ1) is 18.9. The van der Waals surface area contributed by atoms with Gasteiger partial charge in [0, 0.05) is 19.3 Å². The van der Waals surface area contributed by atoms with Crippen LogP contribution in [-0.2, 0) is 16.0 Å². The van der Waals surface area contributed by atoms with Gasteiger partial charge >= 0.3 is 6.03 Å². The third-order valence-electron chi connectivity index (χ3n) is 6.09. The maximum absolute atomic E-state index is 13.3. The van der Waals surface area contributed by atoms with Gasteiger partial charge < -0.3 is 30.3 Å². The summed E-state index contributed by atoms with van der Waals surface area (Å²) in [6, 6.07) is 10.1. The van der Waals surface area contributed by atoms with Crippen LogP contribution in [0.1, 0.15) is 35.3 Å². The molecule has 0 bridgehead atoms. The standard InChI is InChI=1S/C29H34N6O4/c1-34(2)15-8-16-35(29(37)33-27-20-38-19-26(39-27)22-9-4-3-5-10-22)18-21-13-14-25(31-17-21)28(36)32-24-12-7-6-11-23(24)30/h3-4,6-7,9,11-14,17,19-20H,5,8,10,15-16,18,30H2,1-2H3,(H,32,36)(H,33,37). The Morgan fingerprint density at radius 2 is 1.92 bits per heavy atom. The van der Waals surface area contributed by atoms with Crippen molar-refractivity contribution >= 4 is 23.3 Å². The molecule has 2 heterocycles. The number of para-hydroxylation sites is 2. The summed E-state index contributed by atoms with van der Waals surface area (Å²) in [5.74, 6) is 0.427. The Kier molecular flexibility index (Phi) is 9.36. The van der Waals surface area contributed by atoms with Crippen molar-refractivity contribution < 1.29 is 19.1 Å². The number of carbonyl (C=O) groups excluding carboxylic acids is 2. The van der Waals surface area contributed by atoms with Crippen molar-refractivity contribution in [3.05, 3.63) is 102 Å². The van der Waals surface area contributed by atoms with Gasteiger partial charge in [0.25, 0.3) is 5.91 Å². The summed E-state index contributed by atoms with van der Waals surface area (Å²) in [6.45, 7) is 1.62. The normalized spacial score (nSPS) is 14.4. The number of amides is 3. The zero-order chi connectivity index (χ0) is 27.6. The molecule has 0 spiro atoms. The van der Waals surface area contributed by atoms with Gasteiger partial charge in [0.2, 0.25) is 5.88 Å². The van der Waals surface area contributed by atoms with Crippen molar-refractivity contribution in [2.75, 3.05) is 38.2 Å². The van der Waals surface area contributed by atoms with Crippen molar-refractivity contribution in [2.45, 2.75) is 25.8 Å². The van der Waals surface area contributed by atoms with Crippen LogP contribution >= 0.6 is 0 Å². The molecule has 4 rings (SSSR count). The number of ether oxygens (including phenoxy) is 2. The average molecular weight is 531 g/mol. The molecular weight excluding hydrogens is 496 g/mol. The van der Waals surface area contributed by atoms with E-state index in [0.717, 1.165) is 36.9 Å². The molecule has 1 aromatic carbocycles. The summed E-state index contributed by atoms with van der Waals surface area (Å²) in [5.41, 5.74) is 8.94. The quantitative estimate of drug-likeness (QED) is 0.391. The molecule has 39 heavy (non-hydrogen) atoms. The van der Waals surface area contributed by atoms with E-state index in [-0.39, 0.29) is 23.5 Å². The van der Waals surface area contributed by atoms with Crippen molar-refractivity contribution in [3.8, 4) is 0 Å². The minimum absolute atomic E-state index is 0.218. The molecule has 10 heteroatoms. The Balaban J connectivity index is 1.39. The molecule has 4 N–H and O–H groups in total. The van der Waals surface area contributed by atoms with Gasteiger partial charge in [0.15, 0.2) is 12.0 Å². The molecule has 1 aliphatic carbocycles. The Morgan fingerprint density at radius 1 is 1.08 bits per heavy atom. The molecule has 0 saturated carbocycles. The van der Waals surface area contributed by atoms with Gasteiger partial charge in [-0.25, -0.2) is 4.79 Å². The van der Waals surface area contributed by atoms with Gasteiger partial charge in [-0.15, -0.1) is 0 Å². The van der Waals surface area contributed by atoms with Crippen molar-refractivity contribution in [1.82, 2.24) is 20.1 Å². The number of anilines is 2. The molecule has 0 fully saturated rings. The summed E-state index contributed by atoms with van der Waals surface area (Å²) in [4.78, 5) is 33.9. The molecule has 3 amide bonds. The second-order valence-corrected chi connectivity index (χ2v) is 9.46. The third-order valence-corrected chi connectivity index (χ3v) is 6.09. The molecule has 2 aliphatic rings. The average Bonchev–Trinajstić information content (AvgIpc) is 2.94. The van der Waals surface area contributed by atoms with Gasteiger partial charge in [-0.05, 0) is 69.2 Å². The smallest absolute Gasteiger partial charge is 0.324 e. The highest BCUT2D eigenvalue weighted by atomic mass is 16.6. The minimum atomic E-state index is -0.367. The maximum atomic E-state index is 13.3. The first-order valence-electron chi connectivity index (χ1n) is 12.8. The summed E-state index contributed by atoms with van der Waals surface area (Å²) in [6.07, 6.45) is 13.1. The molecule has 10 nitrogen and oxygen atoms in total. The highest BCUT2D eigenvalue weighted by Crippen LogP contribution is 2.25. The topological polar surface area (TPSA) is 122 Å². The zero-order valence-electron chi connectivity index (χ0n) is 22.2. The number of hydrogen-bond donors (Lipinski definition) is 3. The van der Waals surface area contributed by atoms with Crippen LogP contribution in [-0.4, -0.2) is 53.9 Å². The number of nitrogens with two attached hydrogens (primary N) is 1. The molecule has 2 aromatic rings. The fraction of sp³-hybridized carbons (Fsp3) is 0.276. The van der Waals surface area contributed by atoms with Crippen LogP contribution in [0.5, 0.6) is 0 Å². The predicted molar refractivity (Wildman–Crippen MR) is 150 cm³/mol. The number of benzene rings is 1. The van der Waals surface area contributed by atoms with Crippen LogP contribution in [0.2, 0.25) is 0 Å². The molecule has 204 valence electrons. The van der Waals surface area contributed by atoms with E-state index in [1.807, 2.05) is 26.2 Å². The first-order valence-corrected chi connectivity index (χ1v) is 12.8. The van der Waals surface area contributed by atoms with Gasteiger partial charge in [0.05, 0.1) is 11.4 Å². The first kappa shape index (κ1) is 27.5. The number of rotatable bonds is 10. The number of pyridine rings is 1. The highest BCUT2D eigenvalue weighted by molar-refractivity contribution is 6.04. The van der Waals surface area contributed by atoms with Gasteiger partial charge in [0.1, 0.15) is 12.0 Å². The fourth-order valence-electron chi connectivity index (χ4n) is 4.01. The lowest BCUT2D eigenvalue weighted by Gasteiger charge is -2.26. The second kappa shape index (κ2) is 13.3. The van der Waals surface area contributed by atoms with Crippen molar-refractivity contribution in [1.29, 1.82) is 0 Å². The third kappa shape index (κ3) is 7.96. The van der Waals surface area contributed by atoms with Crippen LogP contribution in [0.4, 0.5) is 16.2 Å². The number of nitrogens with zero attached hydrogens (tertiary/aromatic N) is 3. The van der Waals surface area contributed by atoms with Crippen LogP contribution in [0.25, 0.3) is 0 Å². The maximum Gasteiger partial charge on any atom is 0.324 e. The van der Waals surface area contributed by atoms with E-state index in [1.54, 1.807) is 47.5 Å². The van der Waals surface area contributed by atoms with E-state index in [9.17, 15) is 9.59 Å². The van der Waals surface area contributed by atoms with E-state index in [0.29, 0.717) is 30.2 Å². The van der Waals surface area contributed by atoms with E-state index in [2.05, 4.69) is 26.6 Å². The number of hydrogen-bond acceptors (Lipinski definition) is 7. The Bertz CT molecular complexity index is 1300. The Labute approximate surface area is 228 Å². The van der Waals surface area contributed by atoms with E-state index >= 15 is 0 Å². The van der Waals surface area contributed by atoms with Crippen LogP contribution in [0.3, 0.4) is 0 Å². The van der Waals surface area contributed by atoms with Crippen LogP contribution in [0, 0.1) is 0 Å². The van der Waals surface area contributed by atoms with Crippen molar-refractivity contribution in [3.63, 3.8) is 0 Å². The van der Waals surface area contributed by atoms with E-state index in [4.69, 9.17) is 15.2 Å². The van der Waals surface area contributed by atoms with Crippen LogP contribution in [0.15, 0.2) is 90.6 Å². The molecular formula is C29H34N6O4. The minimum Gasteiger partial charge on any atom is -0.463 e. The summed E-state index contributed by atoms with van der Waals surface area (Å²) in [5, 5.41) is 5.58. The molecule has 0 unspecified atom stereocenters. The Morgan fingerprint density at radius 3 is 2.64 bits per heavy atom. The Hall–Kier alpha value is -4.57. The van der Waals surface area contributed by atoms with E-state index < -0.39 is 0 Å². The van der Waals surface area contributed by atoms with Gasteiger partial charge in [-0.2, -0.15) is 0 Å². The number of carbonyl (C=O) groups is 2. The lowest BCUT2D eigenvalue weighted by Crippen LogP contribution is -2.41. The molecule has 0 radical (unpaired) electrons. The molecule has 0 atom stereocenters. The lowest BCUT2D eigenvalue weighted by atomic mass is 10.0. The SMILES string of the molecule is CN(C)CCCN(Cc1ccc(C(=O)Nc2ccccc2N)nc1)C(=O)NC1=COC=C(C2=CC=CCC2)O1. The molecule has 1 aliphatic heterocycles. The lowest BCUT2D eigenvalue weighted by molar-refractivity contribution is 0.102. The number of aromatic nitrogens is 1. The van der Waals surface area contributed by atoms with E-state index in [1.165, 1.54) is 12.5 Å². The number of allylic oxidation sites excluding steroid dienone is 4. The predicted octanol–water partition coefficient (Wildman–Crippen LogP) is 4.34. The highest BCUT2D eigenvalue weighted by Gasteiger charge is 2.21. The monoisotopic (exact) mass is 530 g/mol. The van der Waals surface area contributed by atoms with Crippen molar-refractivity contribution in [2.24, 2.45) is 0 Å². The molecule has 0 saturated heterocycles. The van der Waals surface area contributed by atoms with Crippen LogP contribution < -0.4 is 16.4 Å². The van der Waals surface area contributed by atoms with Gasteiger partial charge in [-0.1, -0.05) is 36.4 Å². The molecule has 1 aromatic heterocycles. The number of urea groups is 1. The summed E-state index contributed by atoms with van der Waals surface area (Å²) >= 11 is 0. The second-order valence-electron chi connectivity index (χ2n) is 9.46. The fourth-order valence-corrected chi connectivity index (χ4v) is 4.01. The summed E-state index contributed by atoms with van der Waals surface area (Å²) < 4.78 is 11.3. The zero-order valence-corrected chi connectivity index (χ0v) is 22.2. The number of nitrogen functional groups attached to an aromatic ring is 1. The summed E-state index contributed by atoms with van der Waals surface area (Å²) in [7, 11) is 3.98. The largest absolute Gasteiger partial charge is 0.463 e. The number of nitrogens with one attached hydrogen (secondary N) is 2.